The number of sulfonamides is 1. The van der Waals surface area contributed by atoms with Gasteiger partial charge in [-0.1, -0.05) is 19.9 Å². The fourth-order valence-electron chi connectivity index (χ4n) is 2.56. The lowest BCUT2D eigenvalue weighted by Gasteiger charge is -2.18. The monoisotopic (exact) mass is 378 g/mol. The van der Waals surface area contributed by atoms with Crippen molar-refractivity contribution in [3.8, 4) is 0 Å². The van der Waals surface area contributed by atoms with Gasteiger partial charge in [0.05, 0.1) is 9.82 Å². The molecule has 1 heterocycles. The summed E-state index contributed by atoms with van der Waals surface area (Å²) in [5, 5.41) is 14.4. The van der Waals surface area contributed by atoms with Gasteiger partial charge >= 0.3 is 0 Å². The molecule has 0 radical (unpaired) electrons. The molecule has 0 amide bonds. The van der Waals surface area contributed by atoms with Crippen LogP contribution in [0.3, 0.4) is 0 Å². The first-order chi connectivity index (χ1) is 12.4. The molecule has 0 unspecified atom stereocenters. The Balaban J connectivity index is 2.22. The van der Waals surface area contributed by atoms with Crippen molar-refractivity contribution in [1.82, 2.24) is 9.29 Å². The number of benzene rings is 1. The first-order valence-corrected chi connectivity index (χ1v) is 9.76. The Morgan fingerprint density at radius 2 is 1.92 bits per heavy atom. The summed E-state index contributed by atoms with van der Waals surface area (Å²) in [6, 6.07) is 9.50. The van der Waals surface area contributed by atoms with E-state index in [2.05, 4.69) is 10.3 Å². The highest BCUT2D eigenvalue weighted by atomic mass is 32.2. The lowest BCUT2D eigenvalue weighted by Crippen LogP contribution is -2.30. The van der Waals surface area contributed by atoms with E-state index in [9.17, 15) is 18.5 Å². The van der Waals surface area contributed by atoms with Gasteiger partial charge in [0, 0.05) is 44.0 Å². The maximum absolute atomic E-state index is 12.6. The molecule has 0 saturated carbocycles. The molecule has 0 aliphatic carbocycles. The molecule has 8 nitrogen and oxygen atoms in total. The van der Waals surface area contributed by atoms with Crippen molar-refractivity contribution in [3.63, 3.8) is 0 Å². The normalized spacial score (nSPS) is 11.5. The zero-order valence-corrected chi connectivity index (χ0v) is 15.6. The number of nitrogens with one attached hydrogen (secondary N) is 1. The van der Waals surface area contributed by atoms with Gasteiger partial charge in [-0.3, -0.25) is 15.1 Å². The van der Waals surface area contributed by atoms with Gasteiger partial charge < -0.3 is 5.32 Å². The summed E-state index contributed by atoms with van der Waals surface area (Å²) >= 11 is 0. The van der Waals surface area contributed by atoms with E-state index in [-0.39, 0.29) is 16.3 Å². The Bertz CT molecular complexity index is 852. The summed E-state index contributed by atoms with van der Waals surface area (Å²) in [6.45, 7) is 4.50. The highest BCUT2D eigenvalue weighted by molar-refractivity contribution is 7.89. The molecule has 26 heavy (non-hydrogen) atoms. The van der Waals surface area contributed by atoms with Gasteiger partial charge in [-0.2, -0.15) is 4.31 Å². The molecule has 1 aromatic heterocycles. The number of anilines is 1. The Labute approximate surface area is 153 Å². The van der Waals surface area contributed by atoms with Crippen LogP contribution in [0.25, 0.3) is 0 Å². The van der Waals surface area contributed by atoms with E-state index in [1.54, 1.807) is 20.0 Å². The smallest absolute Gasteiger partial charge is 0.293 e. The predicted molar refractivity (Wildman–Crippen MR) is 99.6 cm³/mol. The molecule has 0 atom stereocenters. The van der Waals surface area contributed by atoms with Crippen LogP contribution in [-0.4, -0.2) is 42.3 Å². The number of nitrogens with zero attached hydrogens (tertiary/aromatic N) is 3. The fourth-order valence-corrected chi connectivity index (χ4v) is 4.03. The molecule has 1 N–H and O–H groups in total. The van der Waals surface area contributed by atoms with E-state index >= 15 is 0 Å². The molecular formula is C17H22N4O4S. The molecule has 0 saturated heterocycles. The first-order valence-electron chi connectivity index (χ1n) is 8.32. The minimum atomic E-state index is -3.75. The number of rotatable bonds is 9. The van der Waals surface area contributed by atoms with Crippen molar-refractivity contribution in [2.75, 3.05) is 25.0 Å². The Morgan fingerprint density at radius 1 is 1.19 bits per heavy atom. The maximum atomic E-state index is 12.6. The average Bonchev–Trinajstić information content (AvgIpc) is 2.63. The van der Waals surface area contributed by atoms with Gasteiger partial charge in [-0.15, -0.1) is 0 Å². The Kier molecular flexibility index (Phi) is 6.64. The molecule has 0 fully saturated rings. The van der Waals surface area contributed by atoms with Gasteiger partial charge in [0.2, 0.25) is 10.0 Å². The van der Waals surface area contributed by atoms with Crippen LogP contribution in [0.4, 0.5) is 11.4 Å². The fraction of sp³-hybridized carbons (Fsp3) is 0.353. The Hall–Kier alpha value is -2.52. The van der Waals surface area contributed by atoms with Crippen LogP contribution in [0, 0.1) is 10.1 Å². The van der Waals surface area contributed by atoms with E-state index in [4.69, 9.17) is 0 Å². The number of hydrogen-bond acceptors (Lipinski definition) is 6. The molecule has 2 rings (SSSR count). The average molecular weight is 378 g/mol. The summed E-state index contributed by atoms with van der Waals surface area (Å²) in [4.78, 5) is 14.9. The SMILES string of the molecule is CCN(CC)S(=O)(=O)c1ccc(NCCc2ccccn2)c([N+](=O)[O-])c1. The largest absolute Gasteiger partial charge is 0.379 e. The molecule has 9 heteroatoms. The predicted octanol–water partition coefficient (Wildman–Crippen LogP) is 2.67. The second-order valence-electron chi connectivity index (χ2n) is 5.52. The van der Waals surface area contributed by atoms with E-state index in [0.29, 0.717) is 26.1 Å². The molecule has 1 aromatic carbocycles. The second-order valence-corrected chi connectivity index (χ2v) is 7.46. The first kappa shape index (κ1) is 19.8. The van der Waals surface area contributed by atoms with Gasteiger partial charge in [0.15, 0.2) is 0 Å². The van der Waals surface area contributed by atoms with Crippen molar-refractivity contribution in [2.45, 2.75) is 25.2 Å². The van der Waals surface area contributed by atoms with Crippen LogP contribution in [0.5, 0.6) is 0 Å². The highest BCUT2D eigenvalue weighted by Gasteiger charge is 2.25. The van der Waals surface area contributed by atoms with E-state index in [0.717, 1.165) is 11.8 Å². The van der Waals surface area contributed by atoms with Crippen molar-refractivity contribution in [1.29, 1.82) is 0 Å². The third-order valence-electron chi connectivity index (χ3n) is 3.93. The molecule has 0 spiro atoms. The lowest BCUT2D eigenvalue weighted by molar-refractivity contribution is -0.384. The van der Waals surface area contributed by atoms with E-state index < -0.39 is 14.9 Å². The molecule has 0 aliphatic heterocycles. The molecule has 2 aromatic rings. The molecule has 0 aliphatic rings. The number of nitro groups is 1. The molecular weight excluding hydrogens is 356 g/mol. The third kappa shape index (κ3) is 4.55. The van der Waals surface area contributed by atoms with Crippen molar-refractivity contribution in [3.05, 3.63) is 58.4 Å². The highest BCUT2D eigenvalue weighted by Crippen LogP contribution is 2.29. The van der Waals surface area contributed by atoms with Crippen LogP contribution >= 0.6 is 0 Å². The second kappa shape index (κ2) is 8.72. The van der Waals surface area contributed by atoms with Gasteiger partial charge in [-0.05, 0) is 24.3 Å². The van der Waals surface area contributed by atoms with Crippen molar-refractivity contribution in [2.24, 2.45) is 0 Å². The standard InChI is InChI=1S/C17H22N4O4S/c1-3-20(4-2)26(24,25)15-8-9-16(17(13-15)21(22)23)19-12-10-14-7-5-6-11-18-14/h5-9,11,13,19H,3-4,10,12H2,1-2H3. The van der Waals surface area contributed by atoms with Crippen LogP contribution in [-0.2, 0) is 16.4 Å². The summed E-state index contributed by atoms with van der Waals surface area (Å²) in [7, 11) is -3.75. The van der Waals surface area contributed by atoms with Crippen LogP contribution in [0.2, 0.25) is 0 Å². The lowest BCUT2D eigenvalue weighted by atomic mass is 10.2. The number of pyridine rings is 1. The van der Waals surface area contributed by atoms with Crippen LogP contribution in [0.1, 0.15) is 19.5 Å². The van der Waals surface area contributed by atoms with Gasteiger partial charge in [0.1, 0.15) is 5.69 Å². The minimum Gasteiger partial charge on any atom is -0.379 e. The van der Waals surface area contributed by atoms with Crippen molar-refractivity contribution < 1.29 is 13.3 Å². The topological polar surface area (TPSA) is 105 Å². The summed E-state index contributed by atoms with van der Waals surface area (Å²) < 4.78 is 26.4. The summed E-state index contributed by atoms with van der Waals surface area (Å²) in [5.74, 6) is 0. The number of hydrogen-bond donors (Lipinski definition) is 1. The number of nitro benzene ring substituents is 1. The summed E-state index contributed by atoms with van der Waals surface area (Å²) in [6.07, 6.45) is 2.28. The Morgan fingerprint density at radius 3 is 2.50 bits per heavy atom. The van der Waals surface area contributed by atoms with E-state index in [1.807, 2.05) is 18.2 Å². The molecule has 0 bridgehead atoms. The van der Waals surface area contributed by atoms with Crippen molar-refractivity contribution >= 4 is 21.4 Å². The zero-order chi connectivity index (χ0) is 19.2. The maximum Gasteiger partial charge on any atom is 0.293 e. The molecule has 140 valence electrons. The van der Waals surface area contributed by atoms with Crippen LogP contribution < -0.4 is 5.32 Å². The minimum absolute atomic E-state index is 0.0804. The van der Waals surface area contributed by atoms with Gasteiger partial charge in [0.25, 0.3) is 5.69 Å². The zero-order valence-electron chi connectivity index (χ0n) is 14.8. The van der Waals surface area contributed by atoms with Crippen LogP contribution in [0.15, 0.2) is 47.5 Å². The number of aromatic nitrogens is 1. The van der Waals surface area contributed by atoms with Gasteiger partial charge in [-0.25, -0.2) is 8.42 Å². The van der Waals surface area contributed by atoms with E-state index in [1.165, 1.54) is 16.4 Å². The summed E-state index contributed by atoms with van der Waals surface area (Å²) in [5.41, 5.74) is 0.882. The quantitative estimate of drug-likeness (QED) is 0.531. The third-order valence-corrected chi connectivity index (χ3v) is 5.98.